The SMILES string of the molecule is OC(C=S)c1cc(Cl)c(Cl)c(Cl)c1. The Morgan fingerprint density at radius 2 is 1.69 bits per heavy atom. The van der Waals surface area contributed by atoms with E-state index in [0.29, 0.717) is 15.6 Å². The van der Waals surface area contributed by atoms with Crippen molar-refractivity contribution < 1.29 is 5.11 Å². The summed E-state index contributed by atoms with van der Waals surface area (Å²) in [4.78, 5) is 0. The molecule has 70 valence electrons. The third kappa shape index (κ3) is 2.55. The average molecular weight is 256 g/mol. The predicted octanol–water partition coefficient (Wildman–Crippen LogP) is 3.68. The van der Waals surface area contributed by atoms with Crippen molar-refractivity contribution >= 4 is 52.4 Å². The fraction of sp³-hybridized carbons (Fsp3) is 0.125. The molecule has 0 spiro atoms. The van der Waals surface area contributed by atoms with Crippen molar-refractivity contribution in [3.63, 3.8) is 0 Å². The molecule has 0 heterocycles. The largest absolute Gasteiger partial charge is 0.383 e. The van der Waals surface area contributed by atoms with Gasteiger partial charge in [-0.2, -0.15) is 0 Å². The first kappa shape index (κ1) is 11.2. The summed E-state index contributed by atoms with van der Waals surface area (Å²) in [5, 5.41) is 11.5. The topological polar surface area (TPSA) is 20.2 Å². The van der Waals surface area contributed by atoms with Crippen LogP contribution in [0.5, 0.6) is 0 Å². The molecular weight excluding hydrogens is 251 g/mol. The van der Waals surface area contributed by atoms with Crippen molar-refractivity contribution in [2.45, 2.75) is 6.10 Å². The summed E-state index contributed by atoms with van der Waals surface area (Å²) in [5.41, 5.74) is 0.536. The van der Waals surface area contributed by atoms with Crippen LogP contribution < -0.4 is 0 Å². The van der Waals surface area contributed by atoms with E-state index >= 15 is 0 Å². The van der Waals surface area contributed by atoms with Gasteiger partial charge >= 0.3 is 0 Å². The average Bonchev–Trinajstić information content (AvgIpc) is 2.12. The van der Waals surface area contributed by atoms with Crippen molar-refractivity contribution in [2.75, 3.05) is 0 Å². The van der Waals surface area contributed by atoms with E-state index < -0.39 is 6.10 Å². The van der Waals surface area contributed by atoms with Gasteiger partial charge in [0.2, 0.25) is 0 Å². The van der Waals surface area contributed by atoms with Crippen LogP contribution in [0.4, 0.5) is 0 Å². The Hall–Kier alpha value is 0.140. The molecule has 1 atom stereocenters. The van der Waals surface area contributed by atoms with Crippen molar-refractivity contribution in [3.05, 3.63) is 32.8 Å². The maximum atomic E-state index is 9.35. The molecule has 0 saturated heterocycles. The van der Waals surface area contributed by atoms with E-state index in [9.17, 15) is 5.11 Å². The van der Waals surface area contributed by atoms with Crippen LogP contribution in [0.2, 0.25) is 15.1 Å². The van der Waals surface area contributed by atoms with Crippen LogP contribution in [0.25, 0.3) is 0 Å². The highest BCUT2D eigenvalue weighted by atomic mass is 35.5. The van der Waals surface area contributed by atoms with E-state index in [2.05, 4.69) is 12.2 Å². The lowest BCUT2D eigenvalue weighted by molar-refractivity contribution is 0.255. The highest BCUT2D eigenvalue weighted by Crippen LogP contribution is 2.32. The van der Waals surface area contributed by atoms with Crippen LogP contribution in [0.1, 0.15) is 11.7 Å². The summed E-state index contributed by atoms with van der Waals surface area (Å²) in [6.45, 7) is 0. The first-order valence-electron chi connectivity index (χ1n) is 3.34. The molecule has 0 aliphatic rings. The van der Waals surface area contributed by atoms with Gasteiger partial charge in [-0.25, -0.2) is 0 Å². The Labute approximate surface area is 96.2 Å². The normalized spacial score (nSPS) is 12.6. The summed E-state index contributed by atoms with van der Waals surface area (Å²) < 4.78 is 0. The molecule has 0 saturated carbocycles. The molecule has 0 radical (unpaired) electrons. The first-order chi connectivity index (χ1) is 6.06. The molecule has 0 fully saturated rings. The molecule has 0 aromatic heterocycles. The van der Waals surface area contributed by atoms with Gasteiger partial charge in [-0.3, -0.25) is 0 Å². The molecule has 0 amide bonds. The van der Waals surface area contributed by atoms with Crippen LogP contribution >= 0.6 is 47.0 Å². The molecule has 1 rings (SSSR count). The summed E-state index contributed by atoms with van der Waals surface area (Å²) in [7, 11) is 0. The van der Waals surface area contributed by atoms with E-state index in [-0.39, 0.29) is 5.02 Å². The maximum Gasteiger partial charge on any atom is 0.107 e. The van der Waals surface area contributed by atoms with E-state index in [1.165, 1.54) is 17.5 Å². The van der Waals surface area contributed by atoms with Crippen LogP contribution in [0.3, 0.4) is 0 Å². The van der Waals surface area contributed by atoms with Gasteiger partial charge in [-0.05, 0) is 17.7 Å². The summed E-state index contributed by atoms with van der Waals surface area (Å²) >= 11 is 21.8. The molecule has 1 aromatic rings. The van der Waals surface area contributed by atoms with Crippen molar-refractivity contribution in [1.82, 2.24) is 0 Å². The number of benzene rings is 1. The number of thiocarbonyl (C=S) groups is 1. The Kier molecular flexibility index (Phi) is 3.95. The van der Waals surface area contributed by atoms with Crippen molar-refractivity contribution in [2.24, 2.45) is 0 Å². The number of hydrogen-bond donors (Lipinski definition) is 1. The van der Waals surface area contributed by atoms with Gasteiger partial charge in [0.1, 0.15) is 6.10 Å². The number of rotatable bonds is 2. The van der Waals surface area contributed by atoms with Gasteiger partial charge in [0.25, 0.3) is 0 Å². The predicted molar refractivity (Wildman–Crippen MR) is 60.1 cm³/mol. The van der Waals surface area contributed by atoms with Gasteiger partial charge in [0.05, 0.1) is 15.1 Å². The minimum Gasteiger partial charge on any atom is -0.383 e. The highest BCUT2D eigenvalue weighted by Gasteiger charge is 2.10. The van der Waals surface area contributed by atoms with Crippen LogP contribution in [-0.4, -0.2) is 10.5 Å². The summed E-state index contributed by atoms with van der Waals surface area (Å²) in [6, 6.07) is 3.06. The first-order valence-corrected chi connectivity index (χ1v) is 4.94. The molecule has 0 aliphatic heterocycles. The Morgan fingerprint density at radius 3 is 2.08 bits per heavy atom. The molecule has 5 heteroatoms. The molecule has 1 aromatic carbocycles. The van der Waals surface area contributed by atoms with E-state index in [1.807, 2.05) is 0 Å². The zero-order valence-electron chi connectivity index (χ0n) is 6.30. The zero-order chi connectivity index (χ0) is 10.0. The van der Waals surface area contributed by atoms with Gasteiger partial charge < -0.3 is 5.11 Å². The lowest BCUT2D eigenvalue weighted by Gasteiger charge is -2.07. The molecule has 0 aliphatic carbocycles. The van der Waals surface area contributed by atoms with Crippen LogP contribution in [0.15, 0.2) is 12.1 Å². The fourth-order valence-corrected chi connectivity index (χ4v) is 1.59. The number of aliphatic hydroxyl groups excluding tert-OH is 1. The van der Waals surface area contributed by atoms with Gasteiger partial charge in [-0.15, -0.1) is 0 Å². The molecule has 1 N–H and O–H groups in total. The maximum absolute atomic E-state index is 9.35. The lowest BCUT2D eigenvalue weighted by Crippen LogP contribution is -1.96. The van der Waals surface area contributed by atoms with Gasteiger partial charge in [0, 0.05) is 5.37 Å². The minimum absolute atomic E-state index is 0.281. The number of hydrogen-bond acceptors (Lipinski definition) is 2. The van der Waals surface area contributed by atoms with E-state index in [1.54, 1.807) is 0 Å². The number of aliphatic hydroxyl groups is 1. The molecule has 13 heavy (non-hydrogen) atoms. The summed E-state index contributed by atoms with van der Waals surface area (Å²) in [5.74, 6) is 0. The summed E-state index contributed by atoms with van der Waals surface area (Å²) in [6.07, 6.45) is -0.845. The van der Waals surface area contributed by atoms with Gasteiger partial charge in [0.15, 0.2) is 0 Å². The second-order valence-corrected chi connectivity index (χ2v) is 3.84. The highest BCUT2D eigenvalue weighted by molar-refractivity contribution is 7.79. The van der Waals surface area contributed by atoms with Gasteiger partial charge in [-0.1, -0.05) is 47.0 Å². The second-order valence-electron chi connectivity index (χ2n) is 2.38. The Bertz CT molecular complexity index is 317. The van der Waals surface area contributed by atoms with E-state index in [4.69, 9.17) is 34.8 Å². The molecule has 1 nitrogen and oxygen atoms in total. The Morgan fingerprint density at radius 1 is 1.23 bits per heavy atom. The van der Waals surface area contributed by atoms with Crippen molar-refractivity contribution in [1.29, 1.82) is 0 Å². The van der Waals surface area contributed by atoms with Crippen molar-refractivity contribution in [3.8, 4) is 0 Å². The molecule has 1 unspecified atom stereocenters. The standard InChI is InChI=1S/C8H5Cl3OS/c9-5-1-4(7(12)3-13)2-6(10)8(5)11/h1-3,7,12H. The molecular formula is C8H5Cl3OS. The number of halogens is 3. The second kappa shape index (κ2) is 4.58. The van der Waals surface area contributed by atoms with E-state index in [0.717, 1.165) is 0 Å². The molecule has 0 bridgehead atoms. The third-order valence-corrected chi connectivity index (χ3v) is 2.93. The van der Waals surface area contributed by atoms with Crippen LogP contribution in [0, 0.1) is 0 Å². The minimum atomic E-state index is -0.845. The fourth-order valence-electron chi connectivity index (χ4n) is 0.824. The zero-order valence-corrected chi connectivity index (χ0v) is 9.38. The lowest BCUT2D eigenvalue weighted by atomic mass is 10.1. The monoisotopic (exact) mass is 254 g/mol. The quantitative estimate of drug-likeness (QED) is 0.643. The smallest absolute Gasteiger partial charge is 0.107 e. The Balaban J connectivity index is 3.20. The third-order valence-electron chi connectivity index (χ3n) is 1.48. The van der Waals surface area contributed by atoms with Crippen LogP contribution in [-0.2, 0) is 0 Å².